The van der Waals surface area contributed by atoms with Crippen molar-refractivity contribution in [1.29, 1.82) is 0 Å². The highest BCUT2D eigenvalue weighted by atomic mass is 16.2. The molecule has 5 heteroatoms. The molecule has 0 aliphatic carbocycles. The first-order chi connectivity index (χ1) is 8.97. The lowest BCUT2D eigenvalue weighted by molar-refractivity contribution is 0.0942. The number of Topliss-reactive ketones (excluding diaryl/α,β-unsaturated/α-hetero) is 1. The van der Waals surface area contributed by atoms with E-state index in [4.69, 9.17) is 0 Å². The van der Waals surface area contributed by atoms with Crippen LogP contribution in [0.2, 0.25) is 0 Å². The molecule has 2 amide bonds. The Bertz CT molecular complexity index is 476. The van der Waals surface area contributed by atoms with Crippen molar-refractivity contribution in [2.45, 2.75) is 13.0 Å². The first-order valence-corrected chi connectivity index (χ1v) is 6.30. The summed E-state index contributed by atoms with van der Waals surface area (Å²) in [5.74, 6) is 0.0226. The molecule has 2 rings (SSSR count). The zero-order valence-electron chi connectivity index (χ0n) is 11.5. The summed E-state index contributed by atoms with van der Waals surface area (Å²) in [4.78, 5) is 26.9. The molecule has 5 nitrogen and oxygen atoms in total. The smallest absolute Gasteiger partial charge is 0.321 e. The predicted octanol–water partition coefficient (Wildman–Crippen LogP) is 1.67. The van der Waals surface area contributed by atoms with E-state index >= 15 is 0 Å². The Morgan fingerprint density at radius 3 is 2.26 bits per heavy atom. The highest BCUT2D eigenvalue weighted by Crippen LogP contribution is 2.15. The van der Waals surface area contributed by atoms with Gasteiger partial charge in [0, 0.05) is 30.4 Å². The highest BCUT2D eigenvalue weighted by molar-refractivity contribution is 5.95. The van der Waals surface area contributed by atoms with E-state index in [0.717, 1.165) is 13.1 Å². The Labute approximate surface area is 113 Å². The van der Waals surface area contributed by atoms with Crippen molar-refractivity contribution in [2.75, 3.05) is 32.5 Å². The van der Waals surface area contributed by atoms with Crippen LogP contribution in [0, 0.1) is 0 Å². The van der Waals surface area contributed by atoms with E-state index in [1.165, 1.54) is 6.92 Å². The van der Waals surface area contributed by atoms with Crippen LogP contribution in [0.1, 0.15) is 17.3 Å². The normalized spacial score (nSPS) is 15.3. The van der Waals surface area contributed by atoms with E-state index in [2.05, 4.69) is 10.2 Å². The molecule has 1 aliphatic rings. The van der Waals surface area contributed by atoms with E-state index in [1.807, 2.05) is 14.1 Å². The van der Waals surface area contributed by atoms with Crippen LogP contribution in [-0.2, 0) is 0 Å². The number of anilines is 1. The van der Waals surface area contributed by atoms with Gasteiger partial charge in [0.05, 0.1) is 0 Å². The SMILES string of the molecule is CC(=O)c1ccc(NC(=O)N2CC(N(C)C)C2)cc1. The average molecular weight is 261 g/mol. The van der Waals surface area contributed by atoms with E-state index in [1.54, 1.807) is 29.2 Å². The number of benzene rings is 1. The minimum Gasteiger partial charge on any atom is -0.321 e. The standard InChI is InChI=1S/C14H19N3O2/c1-10(18)11-4-6-12(7-5-11)15-14(19)17-8-13(9-17)16(2)3/h4-7,13H,8-9H2,1-3H3,(H,15,19). The topological polar surface area (TPSA) is 52.7 Å². The van der Waals surface area contributed by atoms with Gasteiger partial charge in [0.15, 0.2) is 5.78 Å². The largest absolute Gasteiger partial charge is 0.321 e. The monoisotopic (exact) mass is 261 g/mol. The van der Waals surface area contributed by atoms with Gasteiger partial charge in [-0.1, -0.05) is 0 Å². The summed E-state index contributed by atoms with van der Waals surface area (Å²) in [7, 11) is 4.03. The number of nitrogens with one attached hydrogen (secondary N) is 1. The lowest BCUT2D eigenvalue weighted by Gasteiger charge is -2.42. The summed E-state index contributed by atoms with van der Waals surface area (Å²) in [6.45, 7) is 3.03. The third-order valence-electron chi connectivity index (χ3n) is 3.42. The van der Waals surface area contributed by atoms with Gasteiger partial charge < -0.3 is 15.1 Å². The highest BCUT2D eigenvalue weighted by Gasteiger charge is 2.31. The Kier molecular flexibility index (Phi) is 3.85. The van der Waals surface area contributed by atoms with Gasteiger partial charge in [-0.25, -0.2) is 4.79 Å². The van der Waals surface area contributed by atoms with Gasteiger partial charge in [-0.15, -0.1) is 0 Å². The minimum atomic E-state index is -0.0892. The number of rotatable bonds is 3. The predicted molar refractivity (Wildman–Crippen MR) is 74.5 cm³/mol. The van der Waals surface area contributed by atoms with E-state index in [0.29, 0.717) is 17.3 Å². The maximum absolute atomic E-state index is 11.9. The lowest BCUT2D eigenvalue weighted by atomic mass is 10.1. The van der Waals surface area contributed by atoms with Crippen LogP contribution >= 0.6 is 0 Å². The zero-order chi connectivity index (χ0) is 14.0. The van der Waals surface area contributed by atoms with Crippen molar-refractivity contribution in [3.63, 3.8) is 0 Å². The number of likely N-dealkylation sites (N-methyl/N-ethyl adjacent to an activating group) is 1. The average Bonchev–Trinajstić information content (AvgIpc) is 2.26. The number of carbonyl (C=O) groups is 2. The third-order valence-corrected chi connectivity index (χ3v) is 3.42. The molecule has 1 heterocycles. The fourth-order valence-corrected chi connectivity index (χ4v) is 1.94. The first kappa shape index (κ1) is 13.5. The van der Waals surface area contributed by atoms with Crippen LogP contribution in [0.4, 0.5) is 10.5 Å². The van der Waals surface area contributed by atoms with Gasteiger partial charge in [0.2, 0.25) is 0 Å². The van der Waals surface area contributed by atoms with Crippen molar-refractivity contribution in [3.05, 3.63) is 29.8 Å². The van der Waals surface area contributed by atoms with E-state index in [-0.39, 0.29) is 11.8 Å². The number of urea groups is 1. The zero-order valence-corrected chi connectivity index (χ0v) is 11.5. The van der Waals surface area contributed by atoms with Crippen molar-refractivity contribution in [3.8, 4) is 0 Å². The van der Waals surface area contributed by atoms with Gasteiger partial charge in [-0.05, 0) is 45.3 Å². The number of likely N-dealkylation sites (tertiary alicyclic amines) is 1. The summed E-state index contributed by atoms with van der Waals surface area (Å²) >= 11 is 0. The number of nitrogens with zero attached hydrogens (tertiary/aromatic N) is 2. The fourth-order valence-electron chi connectivity index (χ4n) is 1.94. The van der Waals surface area contributed by atoms with Crippen LogP contribution in [0.25, 0.3) is 0 Å². The Balaban J connectivity index is 1.88. The molecule has 19 heavy (non-hydrogen) atoms. The second-order valence-electron chi connectivity index (χ2n) is 5.09. The molecule has 0 radical (unpaired) electrons. The molecule has 1 aliphatic heterocycles. The molecule has 0 unspecified atom stereocenters. The molecule has 1 fully saturated rings. The lowest BCUT2D eigenvalue weighted by Crippen LogP contribution is -2.60. The molecule has 1 aromatic rings. The van der Waals surface area contributed by atoms with Gasteiger partial charge >= 0.3 is 6.03 Å². The Morgan fingerprint density at radius 1 is 1.21 bits per heavy atom. The fraction of sp³-hybridized carbons (Fsp3) is 0.429. The number of hydrogen-bond acceptors (Lipinski definition) is 3. The van der Waals surface area contributed by atoms with Gasteiger partial charge in [-0.2, -0.15) is 0 Å². The van der Waals surface area contributed by atoms with E-state index in [9.17, 15) is 9.59 Å². The van der Waals surface area contributed by atoms with Crippen molar-refractivity contribution in [2.24, 2.45) is 0 Å². The summed E-state index contributed by atoms with van der Waals surface area (Å²) < 4.78 is 0. The minimum absolute atomic E-state index is 0.0226. The molecule has 0 aromatic heterocycles. The molecule has 1 N–H and O–H groups in total. The van der Waals surface area contributed by atoms with Gasteiger partial charge in [0.25, 0.3) is 0 Å². The second kappa shape index (κ2) is 5.40. The number of hydrogen-bond donors (Lipinski definition) is 1. The molecule has 0 saturated carbocycles. The molecular weight excluding hydrogens is 242 g/mol. The molecule has 0 bridgehead atoms. The molecule has 0 atom stereocenters. The Hall–Kier alpha value is -1.88. The quantitative estimate of drug-likeness (QED) is 0.842. The van der Waals surface area contributed by atoms with Crippen LogP contribution in [0.5, 0.6) is 0 Å². The van der Waals surface area contributed by atoms with Gasteiger partial charge in [0.1, 0.15) is 0 Å². The van der Waals surface area contributed by atoms with Crippen LogP contribution in [-0.4, -0.2) is 54.8 Å². The maximum Gasteiger partial charge on any atom is 0.321 e. The summed E-state index contributed by atoms with van der Waals surface area (Å²) in [6.07, 6.45) is 0. The van der Waals surface area contributed by atoms with Crippen LogP contribution in [0.15, 0.2) is 24.3 Å². The Morgan fingerprint density at radius 2 is 1.79 bits per heavy atom. The van der Waals surface area contributed by atoms with Crippen LogP contribution in [0.3, 0.4) is 0 Å². The maximum atomic E-state index is 11.9. The first-order valence-electron chi connectivity index (χ1n) is 6.30. The molecule has 1 saturated heterocycles. The third kappa shape index (κ3) is 3.12. The van der Waals surface area contributed by atoms with Crippen molar-refractivity contribution in [1.82, 2.24) is 9.80 Å². The number of carbonyl (C=O) groups excluding carboxylic acids is 2. The number of ketones is 1. The summed E-state index contributed by atoms with van der Waals surface area (Å²) in [6, 6.07) is 7.29. The van der Waals surface area contributed by atoms with E-state index < -0.39 is 0 Å². The van der Waals surface area contributed by atoms with Crippen molar-refractivity contribution < 1.29 is 9.59 Å². The summed E-state index contributed by atoms with van der Waals surface area (Å²) in [5, 5.41) is 2.83. The molecular formula is C14H19N3O2. The number of amides is 2. The molecule has 102 valence electrons. The second-order valence-corrected chi connectivity index (χ2v) is 5.09. The van der Waals surface area contributed by atoms with Crippen LogP contribution < -0.4 is 5.32 Å². The van der Waals surface area contributed by atoms with Gasteiger partial charge in [-0.3, -0.25) is 4.79 Å². The molecule has 1 aromatic carbocycles. The molecule has 0 spiro atoms. The summed E-state index contributed by atoms with van der Waals surface area (Å²) in [5.41, 5.74) is 1.36. The van der Waals surface area contributed by atoms with Crippen molar-refractivity contribution >= 4 is 17.5 Å².